The van der Waals surface area contributed by atoms with Crippen molar-refractivity contribution >= 4 is 0 Å². The molecule has 3 heteroatoms. The van der Waals surface area contributed by atoms with Gasteiger partial charge in [-0.15, -0.1) is 0 Å². The summed E-state index contributed by atoms with van der Waals surface area (Å²) in [4.78, 5) is 3.62. The predicted octanol–water partition coefficient (Wildman–Crippen LogP) is 3.34. The molecule has 1 heterocycles. The van der Waals surface area contributed by atoms with Gasteiger partial charge in [0.25, 0.3) is 0 Å². The zero-order valence-electron chi connectivity index (χ0n) is 8.17. The minimum Gasteiger partial charge on any atom is -0.225 e. The molecule has 0 N–H and O–H groups in total. The molecule has 0 amide bonds. The third-order valence-corrected chi connectivity index (χ3v) is 2.08. The molecular weight excluding hydrogens is 196 g/mol. The highest BCUT2D eigenvalue weighted by Crippen LogP contribution is 2.21. The Morgan fingerprint density at radius 3 is 2.47 bits per heavy atom. The molecule has 0 spiro atoms. The van der Waals surface area contributed by atoms with Crippen LogP contribution >= 0.6 is 0 Å². The lowest BCUT2D eigenvalue weighted by Crippen LogP contribution is -1.89. The van der Waals surface area contributed by atoms with Crippen molar-refractivity contribution in [2.24, 2.45) is 0 Å². The SMILES string of the molecule is Cc1cc(-c2cccc(F)c2)cc(F)n1. The molecule has 0 aliphatic heterocycles. The van der Waals surface area contributed by atoms with Crippen molar-refractivity contribution in [1.82, 2.24) is 4.98 Å². The standard InChI is InChI=1S/C12H9F2N/c1-8-5-10(7-12(14)15-8)9-3-2-4-11(13)6-9/h2-7H,1H3. The molecule has 2 rings (SSSR count). The molecule has 15 heavy (non-hydrogen) atoms. The van der Waals surface area contributed by atoms with Crippen LogP contribution in [-0.4, -0.2) is 4.98 Å². The molecule has 0 radical (unpaired) electrons. The lowest BCUT2D eigenvalue weighted by molar-refractivity contribution is 0.580. The van der Waals surface area contributed by atoms with Crippen LogP contribution in [0.15, 0.2) is 36.4 Å². The fourth-order valence-corrected chi connectivity index (χ4v) is 1.46. The first kappa shape index (κ1) is 9.77. The number of rotatable bonds is 1. The molecule has 2 aromatic rings. The largest absolute Gasteiger partial charge is 0.225 e. The van der Waals surface area contributed by atoms with Gasteiger partial charge in [0.1, 0.15) is 5.82 Å². The van der Waals surface area contributed by atoms with E-state index in [-0.39, 0.29) is 5.82 Å². The monoisotopic (exact) mass is 205 g/mol. The topological polar surface area (TPSA) is 12.9 Å². The third kappa shape index (κ3) is 2.18. The van der Waals surface area contributed by atoms with Gasteiger partial charge in [0, 0.05) is 11.8 Å². The second-order valence-corrected chi connectivity index (χ2v) is 3.33. The summed E-state index contributed by atoms with van der Waals surface area (Å²) in [6.07, 6.45) is 0. The van der Waals surface area contributed by atoms with Crippen molar-refractivity contribution in [3.63, 3.8) is 0 Å². The van der Waals surface area contributed by atoms with E-state index in [0.717, 1.165) is 0 Å². The minimum absolute atomic E-state index is 0.331. The van der Waals surface area contributed by atoms with Crippen LogP contribution in [0.1, 0.15) is 5.69 Å². The van der Waals surface area contributed by atoms with Gasteiger partial charge in [0.05, 0.1) is 0 Å². The molecule has 1 aromatic heterocycles. The molecule has 1 aromatic carbocycles. The lowest BCUT2D eigenvalue weighted by atomic mass is 10.1. The fourth-order valence-electron chi connectivity index (χ4n) is 1.46. The van der Waals surface area contributed by atoms with E-state index in [2.05, 4.69) is 4.98 Å². The molecule has 0 saturated carbocycles. The number of aryl methyl sites for hydroxylation is 1. The van der Waals surface area contributed by atoms with E-state index in [9.17, 15) is 8.78 Å². The summed E-state index contributed by atoms with van der Waals surface area (Å²) in [5.74, 6) is -0.878. The first-order valence-corrected chi connectivity index (χ1v) is 4.55. The maximum Gasteiger partial charge on any atom is 0.213 e. The number of nitrogens with zero attached hydrogens (tertiary/aromatic N) is 1. The van der Waals surface area contributed by atoms with E-state index in [1.165, 1.54) is 18.2 Å². The van der Waals surface area contributed by atoms with E-state index in [1.54, 1.807) is 25.1 Å². The van der Waals surface area contributed by atoms with Crippen molar-refractivity contribution < 1.29 is 8.78 Å². The van der Waals surface area contributed by atoms with E-state index in [4.69, 9.17) is 0 Å². The average molecular weight is 205 g/mol. The van der Waals surface area contributed by atoms with Crippen LogP contribution in [0.25, 0.3) is 11.1 Å². The van der Waals surface area contributed by atoms with Crippen LogP contribution in [0.5, 0.6) is 0 Å². The van der Waals surface area contributed by atoms with E-state index < -0.39 is 5.95 Å². The molecule has 0 saturated heterocycles. The molecule has 0 fully saturated rings. The number of pyridine rings is 1. The highest BCUT2D eigenvalue weighted by atomic mass is 19.1. The number of aromatic nitrogens is 1. The Kier molecular flexibility index (Phi) is 2.46. The van der Waals surface area contributed by atoms with Gasteiger partial charge < -0.3 is 0 Å². The summed E-state index contributed by atoms with van der Waals surface area (Å²) in [5, 5.41) is 0. The van der Waals surface area contributed by atoms with Gasteiger partial charge in [-0.2, -0.15) is 4.39 Å². The summed E-state index contributed by atoms with van der Waals surface area (Å²) in [6.45, 7) is 1.70. The Bertz CT molecular complexity index is 474. The number of hydrogen-bond acceptors (Lipinski definition) is 1. The summed E-state index contributed by atoms with van der Waals surface area (Å²) < 4.78 is 26.0. The van der Waals surface area contributed by atoms with Gasteiger partial charge in [-0.05, 0) is 36.2 Å². The first-order valence-electron chi connectivity index (χ1n) is 4.55. The number of hydrogen-bond donors (Lipinski definition) is 0. The van der Waals surface area contributed by atoms with Crippen molar-refractivity contribution in [2.45, 2.75) is 6.92 Å². The second-order valence-electron chi connectivity index (χ2n) is 3.33. The molecule has 76 valence electrons. The summed E-state index contributed by atoms with van der Waals surface area (Å²) in [5.41, 5.74) is 1.87. The van der Waals surface area contributed by atoms with Gasteiger partial charge >= 0.3 is 0 Å². The lowest BCUT2D eigenvalue weighted by Gasteiger charge is -2.02. The second kappa shape index (κ2) is 3.77. The van der Waals surface area contributed by atoms with Crippen LogP contribution in [0.2, 0.25) is 0 Å². The summed E-state index contributed by atoms with van der Waals surface area (Å²) in [7, 11) is 0. The molecule has 0 bridgehead atoms. The van der Waals surface area contributed by atoms with E-state index in [1.807, 2.05) is 0 Å². The quantitative estimate of drug-likeness (QED) is 0.650. The van der Waals surface area contributed by atoms with Crippen LogP contribution in [0.4, 0.5) is 8.78 Å². The Balaban J connectivity index is 2.54. The number of halogens is 2. The first-order chi connectivity index (χ1) is 7.15. The van der Waals surface area contributed by atoms with Gasteiger partial charge in [0.2, 0.25) is 5.95 Å². The molecule has 0 aliphatic rings. The fraction of sp³-hybridized carbons (Fsp3) is 0.0833. The minimum atomic E-state index is -0.547. The maximum absolute atomic E-state index is 13.0. The normalized spacial score (nSPS) is 10.3. The molecule has 0 atom stereocenters. The Labute approximate surface area is 86.4 Å². The number of benzene rings is 1. The van der Waals surface area contributed by atoms with Gasteiger partial charge in [-0.1, -0.05) is 12.1 Å². The zero-order chi connectivity index (χ0) is 10.8. The van der Waals surface area contributed by atoms with Crippen molar-refractivity contribution in [3.05, 3.63) is 53.9 Å². The van der Waals surface area contributed by atoms with Gasteiger partial charge in [-0.25, -0.2) is 9.37 Å². The summed E-state index contributed by atoms with van der Waals surface area (Å²) >= 11 is 0. The third-order valence-electron chi connectivity index (χ3n) is 2.08. The highest BCUT2D eigenvalue weighted by molar-refractivity contribution is 5.63. The van der Waals surface area contributed by atoms with Crippen LogP contribution in [0, 0.1) is 18.7 Å². The van der Waals surface area contributed by atoms with Crippen LogP contribution < -0.4 is 0 Å². The van der Waals surface area contributed by atoms with Crippen LogP contribution in [-0.2, 0) is 0 Å². The van der Waals surface area contributed by atoms with E-state index in [0.29, 0.717) is 16.8 Å². The van der Waals surface area contributed by atoms with Gasteiger partial charge in [0.15, 0.2) is 0 Å². The van der Waals surface area contributed by atoms with Crippen molar-refractivity contribution in [1.29, 1.82) is 0 Å². The Morgan fingerprint density at radius 1 is 1.00 bits per heavy atom. The molecule has 0 aliphatic carbocycles. The average Bonchev–Trinajstić information content (AvgIpc) is 2.16. The Morgan fingerprint density at radius 2 is 1.80 bits per heavy atom. The van der Waals surface area contributed by atoms with Crippen molar-refractivity contribution in [3.8, 4) is 11.1 Å². The Hall–Kier alpha value is -1.77. The summed E-state index contributed by atoms with van der Waals surface area (Å²) in [6, 6.07) is 9.07. The highest BCUT2D eigenvalue weighted by Gasteiger charge is 2.02. The smallest absolute Gasteiger partial charge is 0.213 e. The molecular formula is C12H9F2N. The maximum atomic E-state index is 13.0. The molecule has 0 unspecified atom stereocenters. The molecule has 1 nitrogen and oxygen atoms in total. The predicted molar refractivity (Wildman–Crippen MR) is 54.3 cm³/mol. The van der Waals surface area contributed by atoms with E-state index >= 15 is 0 Å². The van der Waals surface area contributed by atoms with Gasteiger partial charge in [-0.3, -0.25) is 0 Å². The zero-order valence-corrected chi connectivity index (χ0v) is 8.17. The van der Waals surface area contributed by atoms with Crippen molar-refractivity contribution in [2.75, 3.05) is 0 Å². The van der Waals surface area contributed by atoms with Crippen LogP contribution in [0.3, 0.4) is 0 Å².